The maximum atomic E-state index is 14.2. The van der Waals surface area contributed by atoms with E-state index in [1.54, 1.807) is 31.2 Å². The molecule has 0 heterocycles. The van der Waals surface area contributed by atoms with E-state index in [0.29, 0.717) is 17.7 Å². The molecule has 100 valence electrons. The van der Waals surface area contributed by atoms with Crippen LogP contribution in [-0.4, -0.2) is 6.54 Å². The largest absolute Gasteiger partial charge is 0.306 e. The zero-order valence-corrected chi connectivity index (χ0v) is 11.1. The van der Waals surface area contributed by atoms with Crippen molar-refractivity contribution in [1.82, 2.24) is 5.32 Å². The van der Waals surface area contributed by atoms with Crippen LogP contribution in [0.4, 0.5) is 8.78 Å². The lowest BCUT2D eigenvalue weighted by atomic mass is 9.96. The average Bonchev–Trinajstić information content (AvgIpc) is 2.40. The van der Waals surface area contributed by atoms with Crippen LogP contribution in [0.5, 0.6) is 0 Å². The minimum absolute atomic E-state index is 0.238. The standard InChI is InChI=1S/C16H17F2N/c1-3-19-16(12-7-5-8-13(17)10-12)14-9-4-6-11(2)15(14)18/h4-10,16,19H,3H2,1-2H3. The summed E-state index contributed by atoms with van der Waals surface area (Å²) in [5.41, 5.74) is 1.87. The number of nitrogens with one attached hydrogen (secondary N) is 1. The molecular weight excluding hydrogens is 244 g/mol. The van der Waals surface area contributed by atoms with Crippen LogP contribution in [-0.2, 0) is 0 Å². The van der Waals surface area contributed by atoms with E-state index in [1.807, 2.05) is 13.0 Å². The summed E-state index contributed by atoms with van der Waals surface area (Å²) in [6, 6.07) is 11.2. The minimum Gasteiger partial charge on any atom is -0.306 e. The Kier molecular flexibility index (Phi) is 4.27. The maximum Gasteiger partial charge on any atom is 0.131 e. The quantitative estimate of drug-likeness (QED) is 0.878. The number of hydrogen-bond donors (Lipinski definition) is 1. The van der Waals surface area contributed by atoms with Gasteiger partial charge >= 0.3 is 0 Å². The Morgan fingerprint density at radius 2 is 1.84 bits per heavy atom. The fraction of sp³-hybridized carbons (Fsp3) is 0.250. The second-order valence-electron chi connectivity index (χ2n) is 4.52. The van der Waals surface area contributed by atoms with Gasteiger partial charge in [0, 0.05) is 5.56 Å². The Morgan fingerprint density at radius 3 is 2.53 bits per heavy atom. The van der Waals surface area contributed by atoms with E-state index in [0.717, 1.165) is 5.56 Å². The summed E-state index contributed by atoms with van der Waals surface area (Å²) in [5.74, 6) is -0.550. The van der Waals surface area contributed by atoms with Crippen LogP contribution in [0.1, 0.15) is 29.7 Å². The third-order valence-electron chi connectivity index (χ3n) is 3.12. The zero-order chi connectivity index (χ0) is 13.8. The van der Waals surface area contributed by atoms with E-state index in [4.69, 9.17) is 0 Å². The van der Waals surface area contributed by atoms with Crippen LogP contribution in [0.3, 0.4) is 0 Å². The Morgan fingerprint density at radius 1 is 1.11 bits per heavy atom. The summed E-state index contributed by atoms with van der Waals surface area (Å²) in [6.45, 7) is 4.35. The van der Waals surface area contributed by atoms with E-state index in [2.05, 4.69) is 5.32 Å². The van der Waals surface area contributed by atoms with Crippen molar-refractivity contribution >= 4 is 0 Å². The predicted octanol–water partition coefficient (Wildman–Crippen LogP) is 3.97. The average molecular weight is 261 g/mol. The van der Waals surface area contributed by atoms with Crippen molar-refractivity contribution in [2.45, 2.75) is 19.9 Å². The molecule has 0 aliphatic rings. The van der Waals surface area contributed by atoms with Crippen LogP contribution < -0.4 is 5.32 Å². The normalized spacial score (nSPS) is 12.4. The molecule has 1 atom stereocenters. The van der Waals surface area contributed by atoms with Crippen molar-refractivity contribution in [2.24, 2.45) is 0 Å². The summed E-state index contributed by atoms with van der Waals surface area (Å²) in [4.78, 5) is 0. The van der Waals surface area contributed by atoms with Crippen LogP contribution in [0.2, 0.25) is 0 Å². The molecule has 0 saturated carbocycles. The van der Waals surface area contributed by atoms with Gasteiger partial charge in [0.15, 0.2) is 0 Å². The lowest BCUT2D eigenvalue weighted by Gasteiger charge is -2.20. The van der Waals surface area contributed by atoms with Crippen molar-refractivity contribution < 1.29 is 8.78 Å². The molecule has 0 saturated heterocycles. The molecule has 3 heteroatoms. The molecule has 2 aromatic rings. The Labute approximate surface area is 112 Å². The van der Waals surface area contributed by atoms with E-state index in [9.17, 15) is 8.78 Å². The SMILES string of the molecule is CCNC(c1cccc(F)c1)c1cccc(C)c1F. The molecule has 0 aliphatic carbocycles. The molecule has 0 radical (unpaired) electrons. The number of benzene rings is 2. The maximum absolute atomic E-state index is 14.2. The molecule has 0 fully saturated rings. The second-order valence-corrected chi connectivity index (χ2v) is 4.52. The summed E-state index contributed by atoms with van der Waals surface area (Å²) in [6.07, 6.45) is 0. The third-order valence-corrected chi connectivity index (χ3v) is 3.12. The molecule has 0 bridgehead atoms. The van der Waals surface area contributed by atoms with Crippen molar-refractivity contribution in [3.8, 4) is 0 Å². The predicted molar refractivity (Wildman–Crippen MR) is 73.1 cm³/mol. The van der Waals surface area contributed by atoms with Crippen molar-refractivity contribution in [1.29, 1.82) is 0 Å². The number of aryl methyl sites for hydroxylation is 1. The van der Waals surface area contributed by atoms with Crippen LogP contribution in [0.15, 0.2) is 42.5 Å². The second kappa shape index (κ2) is 5.93. The smallest absolute Gasteiger partial charge is 0.131 e. The first kappa shape index (κ1) is 13.7. The van der Waals surface area contributed by atoms with E-state index < -0.39 is 0 Å². The van der Waals surface area contributed by atoms with Gasteiger partial charge in [0.05, 0.1) is 6.04 Å². The van der Waals surface area contributed by atoms with Crippen molar-refractivity contribution in [3.05, 3.63) is 70.8 Å². The lowest BCUT2D eigenvalue weighted by molar-refractivity contribution is 0.549. The number of hydrogen-bond acceptors (Lipinski definition) is 1. The van der Waals surface area contributed by atoms with Gasteiger partial charge in [0.1, 0.15) is 11.6 Å². The van der Waals surface area contributed by atoms with Gasteiger partial charge in [-0.2, -0.15) is 0 Å². The molecule has 0 amide bonds. The summed E-state index contributed by atoms with van der Waals surface area (Å²) in [7, 11) is 0. The van der Waals surface area contributed by atoms with E-state index in [-0.39, 0.29) is 17.7 Å². The molecule has 2 rings (SSSR count). The van der Waals surface area contributed by atoms with Gasteiger partial charge in [-0.3, -0.25) is 0 Å². The van der Waals surface area contributed by atoms with Gasteiger partial charge < -0.3 is 5.32 Å². The molecule has 0 spiro atoms. The zero-order valence-electron chi connectivity index (χ0n) is 11.1. The van der Waals surface area contributed by atoms with Gasteiger partial charge in [-0.15, -0.1) is 0 Å². The summed E-state index contributed by atoms with van der Waals surface area (Å²) < 4.78 is 27.6. The minimum atomic E-state index is -0.333. The first-order valence-electron chi connectivity index (χ1n) is 6.37. The van der Waals surface area contributed by atoms with Crippen LogP contribution in [0, 0.1) is 18.6 Å². The first-order valence-corrected chi connectivity index (χ1v) is 6.37. The fourth-order valence-corrected chi connectivity index (χ4v) is 2.19. The summed E-state index contributed by atoms with van der Waals surface area (Å²) in [5, 5.41) is 3.20. The lowest BCUT2D eigenvalue weighted by Crippen LogP contribution is -2.23. The molecule has 19 heavy (non-hydrogen) atoms. The molecule has 1 unspecified atom stereocenters. The van der Waals surface area contributed by atoms with E-state index in [1.165, 1.54) is 12.1 Å². The molecule has 1 nitrogen and oxygen atoms in total. The molecule has 1 N–H and O–H groups in total. The Balaban J connectivity index is 2.48. The highest BCUT2D eigenvalue weighted by molar-refractivity contribution is 5.35. The number of halogens is 2. The van der Waals surface area contributed by atoms with Gasteiger partial charge in [-0.05, 0) is 36.7 Å². The van der Waals surface area contributed by atoms with Gasteiger partial charge in [-0.1, -0.05) is 37.3 Å². The van der Waals surface area contributed by atoms with Gasteiger partial charge in [0.25, 0.3) is 0 Å². The Hall–Kier alpha value is -1.74. The molecular formula is C16H17F2N. The fourth-order valence-electron chi connectivity index (χ4n) is 2.19. The van der Waals surface area contributed by atoms with Crippen molar-refractivity contribution in [3.63, 3.8) is 0 Å². The first-order chi connectivity index (χ1) is 9.13. The third kappa shape index (κ3) is 2.99. The molecule has 2 aromatic carbocycles. The highest BCUT2D eigenvalue weighted by Gasteiger charge is 2.18. The van der Waals surface area contributed by atoms with Crippen molar-refractivity contribution in [2.75, 3.05) is 6.54 Å². The van der Waals surface area contributed by atoms with E-state index >= 15 is 0 Å². The monoisotopic (exact) mass is 261 g/mol. The van der Waals surface area contributed by atoms with Crippen LogP contribution in [0.25, 0.3) is 0 Å². The van der Waals surface area contributed by atoms with Gasteiger partial charge in [0.2, 0.25) is 0 Å². The molecule has 0 aromatic heterocycles. The number of rotatable bonds is 4. The van der Waals surface area contributed by atoms with Gasteiger partial charge in [-0.25, -0.2) is 8.78 Å². The molecule has 0 aliphatic heterocycles. The summed E-state index contributed by atoms with van der Waals surface area (Å²) >= 11 is 0. The van der Waals surface area contributed by atoms with Crippen LogP contribution >= 0.6 is 0 Å². The topological polar surface area (TPSA) is 12.0 Å². The Bertz CT molecular complexity index is 566. The highest BCUT2D eigenvalue weighted by Crippen LogP contribution is 2.26. The highest BCUT2D eigenvalue weighted by atomic mass is 19.1.